The highest BCUT2D eigenvalue weighted by Crippen LogP contribution is 2.24. The SMILES string of the molecule is CCC(CC)c1cncn1Cc1ccc2c(c1)CNC2. The molecule has 1 aromatic heterocycles. The van der Waals surface area contributed by atoms with E-state index in [1.807, 2.05) is 12.5 Å². The fourth-order valence-electron chi connectivity index (χ4n) is 3.15. The average Bonchev–Trinajstić information content (AvgIpc) is 3.09. The van der Waals surface area contributed by atoms with Crippen molar-refractivity contribution in [3.63, 3.8) is 0 Å². The van der Waals surface area contributed by atoms with Crippen LogP contribution in [0.15, 0.2) is 30.7 Å². The van der Waals surface area contributed by atoms with Gasteiger partial charge in [0.1, 0.15) is 0 Å². The normalized spacial score (nSPS) is 13.9. The zero-order chi connectivity index (χ0) is 13.9. The van der Waals surface area contributed by atoms with Gasteiger partial charge in [0.25, 0.3) is 0 Å². The molecule has 0 saturated heterocycles. The van der Waals surface area contributed by atoms with Crippen molar-refractivity contribution in [2.75, 3.05) is 0 Å². The summed E-state index contributed by atoms with van der Waals surface area (Å²) in [4.78, 5) is 4.36. The van der Waals surface area contributed by atoms with Gasteiger partial charge in [-0.25, -0.2) is 4.98 Å². The number of nitrogens with zero attached hydrogens (tertiary/aromatic N) is 2. The molecule has 0 aliphatic carbocycles. The summed E-state index contributed by atoms with van der Waals surface area (Å²) in [5.74, 6) is 0.619. The zero-order valence-corrected chi connectivity index (χ0v) is 12.4. The largest absolute Gasteiger partial charge is 0.330 e. The lowest BCUT2D eigenvalue weighted by atomic mass is 9.99. The average molecular weight is 269 g/mol. The zero-order valence-electron chi connectivity index (χ0n) is 12.4. The van der Waals surface area contributed by atoms with Crippen molar-refractivity contribution >= 4 is 0 Å². The van der Waals surface area contributed by atoms with E-state index >= 15 is 0 Å². The molecule has 0 saturated carbocycles. The summed E-state index contributed by atoms with van der Waals surface area (Å²) in [6.07, 6.45) is 6.36. The Morgan fingerprint density at radius 3 is 2.80 bits per heavy atom. The third-order valence-electron chi connectivity index (χ3n) is 4.40. The van der Waals surface area contributed by atoms with E-state index in [4.69, 9.17) is 0 Å². The predicted octanol–water partition coefficient (Wildman–Crippen LogP) is 3.44. The van der Waals surface area contributed by atoms with Gasteiger partial charge in [-0.2, -0.15) is 0 Å². The van der Waals surface area contributed by atoms with Gasteiger partial charge in [0.2, 0.25) is 0 Å². The standard InChI is InChI=1S/C17H23N3/c1-3-14(4-2)17-10-19-12-20(17)11-13-5-6-15-8-18-9-16(15)7-13/h5-7,10,12,14,18H,3-4,8-9,11H2,1-2H3. The second-order valence-electron chi connectivity index (χ2n) is 5.67. The van der Waals surface area contributed by atoms with E-state index in [-0.39, 0.29) is 0 Å². The molecule has 2 aromatic rings. The Bertz CT molecular complexity index is 582. The highest BCUT2D eigenvalue weighted by Gasteiger charge is 2.14. The highest BCUT2D eigenvalue weighted by atomic mass is 15.0. The number of benzene rings is 1. The Kier molecular flexibility index (Phi) is 3.88. The van der Waals surface area contributed by atoms with Crippen molar-refractivity contribution in [3.8, 4) is 0 Å². The highest BCUT2D eigenvalue weighted by molar-refractivity contribution is 5.34. The van der Waals surface area contributed by atoms with Crippen molar-refractivity contribution in [1.82, 2.24) is 14.9 Å². The Balaban J connectivity index is 1.83. The van der Waals surface area contributed by atoms with Gasteiger partial charge in [0, 0.05) is 37.4 Å². The van der Waals surface area contributed by atoms with E-state index in [1.165, 1.54) is 35.2 Å². The number of rotatable bonds is 5. The summed E-state index contributed by atoms with van der Waals surface area (Å²) in [6.45, 7) is 7.46. The molecule has 0 atom stereocenters. The minimum absolute atomic E-state index is 0.619. The van der Waals surface area contributed by atoms with E-state index in [0.717, 1.165) is 19.6 Å². The number of hydrogen-bond donors (Lipinski definition) is 1. The Labute approximate surface area is 121 Å². The molecule has 106 valence electrons. The van der Waals surface area contributed by atoms with Crippen molar-refractivity contribution in [2.24, 2.45) is 0 Å². The molecule has 1 aliphatic heterocycles. The van der Waals surface area contributed by atoms with Gasteiger partial charge in [-0.1, -0.05) is 32.0 Å². The van der Waals surface area contributed by atoms with Crippen LogP contribution < -0.4 is 5.32 Å². The Morgan fingerprint density at radius 2 is 2.00 bits per heavy atom. The summed E-state index contributed by atoms with van der Waals surface area (Å²) >= 11 is 0. The molecule has 0 fully saturated rings. The molecular formula is C17H23N3. The summed E-state index contributed by atoms with van der Waals surface area (Å²) < 4.78 is 2.31. The van der Waals surface area contributed by atoms with Crippen LogP contribution in [0.5, 0.6) is 0 Å². The predicted molar refractivity (Wildman–Crippen MR) is 81.6 cm³/mol. The number of nitrogens with one attached hydrogen (secondary N) is 1. The van der Waals surface area contributed by atoms with Crippen LogP contribution in [0.25, 0.3) is 0 Å². The lowest BCUT2D eigenvalue weighted by Gasteiger charge is -2.16. The second kappa shape index (κ2) is 5.80. The Morgan fingerprint density at radius 1 is 1.20 bits per heavy atom. The minimum Gasteiger partial charge on any atom is -0.330 e. The van der Waals surface area contributed by atoms with Crippen LogP contribution in [0.1, 0.15) is 55.0 Å². The quantitative estimate of drug-likeness (QED) is 0.901. The van der Waals surface area contributed by atoms with Gasteiger partial charge in [0.15, 0.2) is 0 Å². The minimum atomic E-state index is 0.619. The molecule has 1 N–H and O–H groups in total. The van der Waals surface area contributed by atoms with Gasteiger partial charge in [-0.3, -0.25) is 0 Å². The van der Waals surface area contributed by atoms with Crippen LogP contribution in [0.4, 0.5) is 0 Å². The van der Waals surface area contributed by atoms with Crippen molar-refractivity contribution in [1.29, 1.82) is 0 Å². The monoisotopic (exact) mass is 269 g/mol. The molecule has 0 radical (unpaired) electrons. The molecule has 0 amide bonds. The fraction of sp³-hybridized carbons (Fsp3) is 0.471. The summed E-state index contributed by atoms with van der Waals surface area (Å²) in [5, 5.41) is 3.40. The molecule has 0 spiro atoms. The van der Waals surface area contributed by atoms with Crippen LogP contribution in [-0.2, 0) is 19.6 Å². The molecule has 0 unspecified atom stereocenters. The van der Waals surface area contributed by atoms with E-state index in [0.29, 0.717) is 5.92 Å². The third-order valence-corrected chi connectivity index (χ3v) is 4.40. The lowest BCUT2D eigenvalue weighted by molar-refractivity contribution is 0.582. The summed E-state index contributed by atoms with van der Waals surface area (Å²) in [7, 11) is 0. The molecule has 1 aromatic carbocycles. The van der Waals surface area contributed by atoms with Gasteiger partial charge in [-0.15, -0.1) is 0 Å². The van der Waals surface area contributed by atoms with Gasteiger partial charge in [-0.05, 0) is 29.5 Å². The molecule has 0 bridgehead atoms. The molecule has 20 heavy (non-hydrogen) atoms. The summed E-state index contributed by atoms with van der Waals surface area (Å²) in [5.41, 5.74) is 5.64. The second-order valence-corrected chi connectivity index (χ2v) is 5.67. The van der Waals surface area contributed by atoms with Crippen LogP contribution in [-0.4, -0.2) is 9.55 Å². The molecular weight excluding hydrogens is 246 g/mol. The Hall–Kier alpha value is -1.61. The number of imidazole rings is 1. The van der Waals surface area contributed by atoms with Crippen LogP contribution in [0.2, 0.25) is 0 Å². The first-order valence-electron chi connectivity index (χ1n) is 7.63. The maximum absolute atomic E-state index is 4.36. The molecule has 3 rings (SSSR count). The van der Waals surface area contributed by atoms with Crippen LogP contribution in [0.3, 0.4) is 0 Å². The summed E-state index contributed by atoms with van der Waals surface area (Å²) in [6, 6.07) is 6.85. The van der Waals surface area contributed by atoms with Gasteiger partial charge >= 0.3 is 0 Å². The van der Waals surface area contributed by atoms with E-state index in [1.54, 1.807) is 0 Å². The van der Waals surface area contributed by atoms with Crippen molar-refractivity contribution < 1.29 is 0 Å². The first kappa shape index (κ1) is 13.4. The first-order valence-corrected chi connectivity index (χ1v) is 7.63. The molecule has 2 heterocycles. The number of aromatic nitrogens is 2. The van der Waals surface area contributed by atoms with E-state index < -0.39 is 0 Å². The third kappa shape index (κ3) is 2.50. The topological polar surface area (TPSA) is 29.9 Å². The molecule has 3 heteroatoms. The first-order chi connectivity index (χ1) is 9.81. The van der Waals surface area contributed by atoms with Gasteiger partial charge < -0.3 is 9.88 Å². The van der Waals surface area contributed by atoms with Crippen LogP contribution in [0, 0.1) is 0 Å². The maximum Gasteiger partial charge on any atom is 0.0951 e. The lowest BCUT2D eigenvalue weighted by Crippen LogP contribution is -2.07. The van der Waals surface area contributed by atoms with Crippen LogP contribution >= 0.6 is 0 Å². The molecule has 1 aliphatic rings. The maximum atomic E-state index is 4.36. The van der Waals surface area contributed by atoms with E-state index in [2.05, 4.69) is 46.9 Å². The smallest absolute Gasteiger partial charge is 0.0951 e. The van der Waals surface area contributed by atoms with Crippen molar-refractivity contribution in [2.45, 2.75) is 52.2 Å². The van der Waals surface area contributed by atoms with Crippen molar-refractivity contribution in [3.05, 3.63) is 53.1 Å². The molecule has 3 nitrogen and oxygen atoms in total. The van der Waals surface area contributed by atoms with E-state index in [9.17, 15) is 0 Å². The number of fused-ring (bicyclic) bond motifs is 1. The number of hydrogen-bond acceptors (Lipinski definition) is 2. The van der Waals surface area contributed by atoms with Gasteiger partial charge in [0.05, 0.1) is 6.33 Å². The fourth-order valence-corrected chi connectivity index (χ4v) is 3.15.